The smallest absolute Gasteiger partial charge is 0.329 e. The molecular weight excluding hydrogens is 419 g/mol. The van der Waals surface area contributed by atoms with Crippen LogP contribution >= 0.6 is 0 Å². The summed E-state index contributed by atoms with van der Waals surface area (Å²) in [5, 5.41) is 4.60. The first-order chi connectivity index (χ1) is 15.5. The molecule has 1 aliphatic heterocycles. The van der Waals surface area contributed by atoms with Crippen molar-refractivity contribution >= 4 is 10.9 Å². The maximum absolute atomic E-state index is 12.8. The zero-order valence-electron chi connectivity index (χ0n) is 17.1. The standard InChI is InChI=1S/C23H20F3N5O/c24-23(25,26)22-29-21(30-32-22)20-9-3-8-18(28-20)16-5-4-12-31(14-16)13-15-10-11-27-19-7-2-1-6-17(15)19/h1-3,6-11,16H,4-5,12-14H2/t16-/m0/s1. The van der Waals surface area contributed by atoms with Gasteiger partial charge in [0.1, 0.15) is 5.69 Å². The van der Waals surface area contributed by atoms with E-state index in [-0.39, 0.29) is 17.4 Å². The van der Waals surface area contributed by atoms with Gasteiger partial charge in [0, 0.05) is 36.3 Å². The van der Waals surface area contributed by atoms with Crippen molar-refractivity contribution in [3.8, 4) is 11.5 Å². The van der Waals surface area contributed by atoms with Crippen LogP contribution < -0.4 is 0 Å². The molecule has 4 aromatic rings. The Labute approximate surface area is 182 Å². The second kappa shape index (κ2) is 8.31. The van der Waals surface area contributed by atoms with Gasteiger partial charge in [-0.2, -0.15) is 18.2 Å². The van der Waals surface area contributed by atoms with Crippen molar-refractivity contribution in [2.45, 2.75) is 31.5 Å². The van der Waals surface area contributed by atoms with Gasteiger partial charge in [0.05, 0.1) is 5.52 Å². The number of nitrogens with zero attached hydrogens (tertiary/aromatic N) is 5. The maximum Gasteiger partial charge on any atom is 0.471 e. The number of pyridine rings is 2. The Kier molecular flexibility index (Phi) is 5.34. The first-order valence-corrected chi connectivity index (χ1v) is 10.4. The van der Waals surface area contributed by atoms with Crippen molar-refractivity contribution in [1.82, 2.24) is 25.0 Å². The Morgan fingerprint density at radius 3 is 2.75 bits per heavy atom. The lowest BCUT2D eigenvalue weighted by atomic mass is 9.93. The van der Waals surface area contributed by atoms with E-state index in [4.69, 9.17) is 0 Å². The van der Waals surface area contributed by atoms with Gasteiger partial charge >= 0.3 is 12.1 Å². The minimum Gasteiger partial charge on any atom is -0.329 e. The molecule has 9 heteroatoms. The van der Waals surface area contributed by atoms with Crippen LogP contribution in [-0.2, 0) is 12.7 Å². The van der Waals surface area contributed by atoms with Crippen LogP contribution in [0.5, 0.6) is 0 Å². The number of hydrogen-bond acceptors (Lipinski definition) is 6. The summed E-state index contributed by atoms with van der Waals surface area (Å²) in [6.45, 7) is 2.60. The summed E-state index contributed by atoms with van der Waals surface area (Å²) >= 11 is 0. The number of para-hydroxylation sites is 1. The lowest BCUT2D eigenvalue weighted by Gasteiger charge is -2.32. The average Bonchev–Trinajstić information content (AvgIpc) is 3.31. The molecule has 0 spiro atoms. The highest BCUT2D eigenvalue weighted by atomic mass is 19.4. The summed E-state index contributed by atoms with van der Waals surface area (Å²) < 4.78 is 42.7. The van der Waals surface area contributed by atoms with Gasteiger partial charge < -0.3 is 4.52 Å². The Balaban J connectivity index is 1.34. The molecule has 0 N–H and O–H groups in total. The van der Waals surface area contributed by atoms with E-state index in [0.717, 1.165) is 49.1 Å². The average molecular weight is 439 g/mol. The van der Waals surface area contributed by atoms with Gasteiger partial charge in [-0.3, -0.25) is 9.88 Å². The van der Waals surface area contributed by atoms with E-state index in [0.29, 0.717) is 0 Å². The third kappa shape index (κ3) is 4.20. The number of halogens is 3. The second-order valence-corrected chi connectivity index (χ2v) is 7.93. The topological polar surface area (TPSA) is 67.9 Å². The first-order valence-electron chi connectivity index (χ1n) is 10.4. The molecule has 0 amide bonds. The van der Waals surface area contributed by atoms with Crippen molar-refractivity contribution in [2.75, 3.05) is 13.1 Å². The van der Waals surface area contributed by atoms with Crippen molar-refractivity contribution in [1.29, 1.82) is 0 Å². The van der Waals surface area contributed by atoms with Crippen molar-refractivity contribution in [3.63, 3.8) is 0 Å². The number of alkyl halides is 3. The molecule has 0 bridgehead atoms. The molecule has 164 valence electrons. The van der Waals surface area contributed by atoms with Gasteiger partial charge in [0.15, 0.2) is 0 Å². The molecule has 5 rings (SSSR count). The fourth-order valence-electron chi connectivity index (χ4n) is 4.22. The quantitative estimate of drug-likeness (QED) is 0.442. The number of benzene rings is 1. The number of fused-ring (bicyclic) bond motifs is 1. The van der Waals surface area contributed by atoms with Gasteiger partial charge in [-0.1, -0.05) is 29.4 Å². The minimum absolute atomic E-state index is 0.157. The molecular formula is C23H20F3N5O. The predicted molar refractivity (Wildman–Crippen MR) is 112 cm³/mol. The van der Waals surface area contributed by atoms with Crippen LogP contribution in [0.15, 0.2) is 59.3 Å². The fourth-order valence-corrected chi connectivity index (χ4v) is 4.22. The van der Waals surface area contributed by atoms with Gasteiger partial charge in [-0.05, 0) is 49.2 Å². The summed E-state index contributed by atoms with van der Waals surface area (Å²) in [6.07, 6.45) is -0.863. The van der Waals surface area contributed by atoms with E-state index in [2.05, 4.69) is 41.7 Å². The van der Waals surface area contributed by atoms with E-state index in [1.165, 1.54) is 5.56 Å². The van der Waals surface area contributed by atoms with Crippen LogP contribution in [0, 0.1) is 0 Å². The molecule has 4 heterocycles. The van der Waals surface area contributed by atoms with E-state index >= 15 is 0 Å². The van der Waals surface area contributed by atoms with E-state index < -0.39 is 12.1 Å². The Morgan fingerprint density at radius 2 is 1.91 bits per heavy atom. The molecule has 1 aromatic carbocycles. The molecule has 1 saturated heterocycles. The lowest BCUT2D eigenvalue weighted by Crippen LogP contribution is -2.34. The van der Waals surface area contributed by atoms with Gasteiger partial charge in [0.25, 0.3) is 0 Å². The lowest BCUT2D eigenvalue weighted by molar-refractivity contribution is -0.159. The molecule has 0 aliphatic carbocycles. The number of rotatable bonds is 4. The third-order valence-corrected chi connectivity index (χ3v) is 5.73. The van der Waals surface area contributed by atoms with Gasteiger partial charge in [0.2, 0.25) is 5.82 Å². The highest BCUT2D eigenvalue weighted by Crippen LogP contribution is 2.31. The SMILES string of the molecule is FC(F)(F)c1nc(-c2cccc([C@H]3CCCN(Cc4ccnc5ccccc45)C3)n2)no1. The number of likely N-dealkylation sites (tertiary alicyclic amines) is 1. The molecule has 0 unspecified atom stereocenters. The Morgan fingerprint density at radius 1 is 1.03 bits per heavy atom. The number of piperidine rings is 1. The third-order valence-electron chi connectivity index (χ3n) is 5.73. The number of hydrogen-bond donors (Lipinski definition) is 0. The van der Waals surface area contributed by atoms with Crippen molar-refractivity contribution < 1.29 is 17.7 Å². The molecule has 6 nitrogen and oxygen atoms in total. The fraction of sp³-hybridized carbons (Fsp3) is 0.304. The second-order valence-electron chi connectivity index (χ2n) is 7.93. The Bertz CT molecular complexity index is 1230. The van der Waals surface area contributed by atoms with Crippen molar-refractivity contribution in [2.24, 2.45) is 0 Å². The van der Waals surface area contributed by atoms with Gasteiger partial charge in [-0.15, -0.1) is 0 Å². The highest BCUT2D eigenvalue weighted by molar-refractivity contribution is 5.81. The van der Waals surface area contributed by atoms with E-state index in [1.807, 2.05) is 30.5 Å². The number of aromatic nitrogens is 4. The van der Waals surface area contributed by atoms with E-state index in [1.54, 1.807) is 12.1 Å². The first kappa shape index (κ1) is 20.6. The monoisotopic (exact) mass is 439 g/mol. The molecule has 32 heavy (non-hydrogen) atoms. The largest absolute Gasteiger partial charge is 0.471 e. The van der Waals surface area contributed by atoms with Crippen LogP contribution in [0.25, 0.3) is 22.4 Å². The molecule has 0 saturated carbocycles. The predicted octanol–water partition coefficient (Wildman–Crippen LogP) is 5.08. The molecule has 1 fully saturated rings. The van der Waals surface area contributed by atoms with Crippen LogP contribution in [-0.4, -0.2) is 38.1 Å². The van der Waals surface area contributed by atoms with Crippen LogP contribution in [0.4, 0.5) is 13.2 Å². The summed E-state index contributed by atoms with van der Waals surface area (Å²) in [5.41, 5.74) is 3.31. The minimum atomic E-state index is -4.68. The van der Waals surface area contributed by atoms with Gasteiger partial charge in [-0.25, -0.2) is 4.98 Å². The summed E-state index contributed by atoms with van der Waals surface area (Å²) in [5.74, 6) is -1.35. The molecule has 3 aromatic heterocycles. The van der Waals surface area contributed by atoms with Crippen LogP contribution in [0.1, 0.15) is 35.9 Å². The summed E-state index contributed by atoms with van der Waals surface area (Å²) in [7, 11) is 0. The van der Waals surface area contributed by atoms with Crippen molar-refractivity contribution in [3.05, 3.63) is 71.9 Å². The normalized spacial score (nSPS) is 17.7. The maximum atomic E-state index is 12.8. The summed E-state index contributed by atoms with van der Waals surface area (Å²) in [6, 6.07) is 15.4. The van der Waals surface area contributed by atoms with Crippen LogP contribution in [0.3, 0.4) is 0 Å². The zero-order valence-corrected chi connectivity index (χ0v) is 17.1. The Hall–Kier alpha value is -3.33. The highest BCUT2D eigenvalue weighted by Gasteiger charge is 2.38. The molecule has 1 atom stereocenters. The molecule has 0 radical (unpaired) electrons. The zero-order chi connectivity index (χ0) is 22.1. The molecule has 1 aliphatic rings. The summed E-state index contributed by atoms with van der Waals surface area (Å²) in [4.78, 5) is 14.8. The van der Waals surface area contributed by atoms with Crippen LogP contribution in [0.2, 0.25) is 0 Å². The van der Waals surface area contributed by atoms with E-state index in [9.17, 15) is 13.2 Å².